The van der Waals surface area contributed by atoms with Gasteiger partial charge in [0.1, 0.15) is 11.8 Å². The lowest BCUT2D eigenvalue weighted by Crippen LogP contribution is -2.49. The highest BCUT2D eigenvalue weighted by atomic mass is 16.5. The Labute approximate surface area is 140 Å². The Kier molecular flexibility index (Phi) is 5.43. The van der Waals surface area contributed by atoms with Gasteiger partial charge in [0.2, 0.25) is 11.8 Å². The minimum Gasteiger partial charge on any atom is -0.508 e. The molecule has 0 radical (unpaired) electrons. The van der Waals surface area contributed by atoms with Crippen molar-refractivity contribution in [2.24, 2.45) is 5.41 Å². The van der Waals surface area contributed by atoms with Crippen molar-refractivity contribution < 1.29 is 24.2 Å². The van der Waals surface area contributed by atoms with Gasteiger partial charge in [0, 0.05) is 19.9 Å². The quantitative estimate of drug-likeness (QED) is 0.630. The number of phenols is 1. The number of esters is 1. The lowest BCUT2D eigenvalue weighted by atomic mass is 10.0. The van der Waals surface area contributed by atoms with E-state index in [1.165, 1.54) is 26.2 Å². The zero-order valence-corrected chi connectivity index (χ0v) is 13.8. The van der Waals surface area contributed by atoms with E-state index in [4.69, 9.17) is 4.74 Å². The summed E-state index contributed by atoms with van der Waals surface area (Å²) in [6, 6.07) is 5.67. The van der Waals surface area contributed by atoms with Gasteiger partial charge in [-0.2, -0.15) is 0 Å². The molecule has 0 saturated heterocycles. The molecule has 1 aliphatic carbocycles. The second-order valence-corrected chi connectivity index (χ2v) is 6.11. The average molecular weight is 334 g/mol. The van der Waals surface area contributed by atoms with Crippen LogP contribution in [-0.4, -0.2) is 42.6 Å². The van der Waals surface area contributed by atoms with Gasteiger partial charge in [-0.15, -0.1) is 0 Å². The lowest BCUT2D eigenvalue weighted by Gasteiger charge is -2.20. The third kappa shape index (κ3) is 4.47. The van der Waals surface area contributed by atoms with E-state index in [0.717, 1.165) is 5.56 Å². The van der Waals surface area contributed by atoms with Crippen LogP contribution in [-0.2, 0) is 25.5 Å². The SMILES string of the molecule is COC(=O)C1(CNC(=O)C(Cc2ccc(O)cc2)NC(C)=O)CC1. The predicted molar refractivity (Wildman–Crippen MR) is 86.1 cm³/mol. The summed E-state index contributed by atoms with van der Waals surface area (Å²) >= 11 is 0. The Hall–Kier alpha value is -2.57. The zero-order valence-electron chi connectivity index (χ0n) is 13.8. The van der Waals surface area contributed by atoms with Crippen LogP contribution in [0.3, 0.4) is 0 Å². The van der Waals surface area contributed by atoms with Crippen LogP contribution in [0.2, 0.25) is 0 Å². The molecule has 0 aliphatic heterocycles. The fourth-order valence-electron chi connectivity index (χ4n) is 2.52. The molecular formula is C17H22N2O5. The molecule has 1 atom stereocenters. The highest BCUT2D eigenvalue weighted by molar-refractivity contribution is 5.88. The van der Waals surface area contributed by atoms with Crippen molar-refractivity contribution in [3.05, 3.63) is 29.8 Å². The van der Waals surface area contributed by atoms with Gasteiger partial charge in [-0.25, -0.2) is 0 Å². The fourth-order valence-corrected chi connectivity index (χ4v) is 2.52. The van der Waals surface area contributed by atoms with E-state index >= 15 is 0 Å². The van der Waals surface area contributed by atoms with Crippen LogP contribution in [0.1, 0.15) is 25.3 Å². The Morgan fingerprint density at radius 1 is 1.25 bits per heavy atom. The van der Waals surface area contributed by atoms with Crippen molar-refractivity contribution in [1.82, 2.24) is 10.6 Å². The van der Waals surface area contributed by atoms with Gasteiger partial charge in [-0.1, -0.05) is 12.1 Å². The Balaban J connectivity index is 1.98. The number of nitrogens with one attached hydrogen (secondary N) is 2. The molecule has 24 heavy (non-hydrogen) atoms. The molecule has 1 aliphatic rings. The standard InChI is InChI=1S/C17H22N2O5/c1-11(20)19-14(9-12-3-5-13(21)6-4-12)15(22)18-10-17(7-8-17)16(23)24-2/h3-6,14,21H,7-10H2,1-2H3,(H,18,22)(H,19,20). The fraction of sp³-hybridized carbons (Fsp3) is 0.471. The molecule has 7 nitrogen and oxygen atoms in total. The summed E-state index contributed by atoms with van der Waals surface area (Å²) < 4.78 is 4.76. The van der Waals surface area contributed by atoms with Crippen LogP contribution in [0.15, 0.2) is 24.3 Å². The maximum absolute atomic E-state index is 12.4. The molecule has 1 aromatic rings. The van der Waals surface area contributed by atoms with Gasteiger partial charge in [-0.05, 0) is 30.5 Å². The number of carbonyl (C=O) groups excluding carboxylic acids is 3. The minimum absolute atomic E-state index is 0.132. The summed E-state index contributed by atoms with van der Waals surface area (Å²) in [6.45, 7) is 1.54. The zero-order chi connectivity index (χ0) is 17.7. The van der Waals surface area contributed by atoms with Crippen molar-refractivity contribution in [1.29, 1.82) is 0 Å². The summed E-state index contributed by atoms with van der Waals surface area (Å²) in [4.78, 5) is 35.5. The van der Waals surface area contributed by atoms with Gasteiger partial charge >= 0.3 is 5.97 Å². The normalized spacial score (nSPS) is 15.9. The van der Waals surface area contributed by atoms with Crippen molar-refractivity contribution in [3.8, 4) is 5.75 Å². The first kappa shape index (κ1) is 17.8. The monoisotopic (exact) mass is 334 g/mol. The van der Waals surface area contributed by atoms with Gasteiger partial charge in [0.25, 0.3) is 0 Å². The number of ether oxygens (including phenoxy) is 1. The maximum Gasteiger partial charge on any atom is 0.313 e. The highest BCUT2D eigenvalue weighted by Crippen LogP contribution is 2.46. The number of aromatic hydroxyl groups is 1. The van der Waals surface area contributed by atoms with Gasteiger partial charge < -0.3 is 20.5 Å². The number of benzene rings is 1. The van der Waals surface area contributed by atoms with Crippen LogP contribution in [0.5, 0.6) is 5.75 Å². The first-order chi connectivity index (χ1) is 11.4. The smallest absolute Gasteiger partial charge is 0.313 e. The number of carbonyl (C=O) groups is 3. The number of hydrogen-bond donors (Lipinski definition) is 3. The van der Waals surface area contributed by atoms with Crippen LogP contribution in [0, 0.1) is 5.41 Å². The van der Waals surface area contributed by atoms with E-state index in [1.807, 2.05) is 0 Å². The number of methoxy groups -OCH3 is 1. The molecule has 0 bridgehead atoms. The number of rotatable bonds is 7. The first-order valence-corrected chi connectivity index (χ1v) is 7.77. The summed E-state index contributed by atoms with van der Waals surface area (Å²) in [5.74, 6) is -0.859. The highest BCUT2D eigenvalue weighted by Gasteiger charge is 2.51. The molecule has 2 amide bonds. The molecule has 1 aromatic carbocycles. The van der Waals surface area contributed by atoms with Crippen LogP contribution < -0.4 is 10.6 Å². The van der Waals surface area contributed by atoms with Crippen molar-refractivity contribution >= 4 is 17.8 Å². The molecule has 0 aromatic heterocycles. The summed E-state index contributed by atoms with van der Waals surface area (Å²) in [7, 11) is 1.33. The molecule has 1 unspecified atom stereocenters. The Morgan fingerprint density at radius 2 is 1.88 bits per heavy atom. The maximum atomic E-state index is 12.4. The Morgan fingerprint density at radius 3 is 2.38 bits per heavy atom. The summed E-state index contributed by atoms with van der Waals surface area (Å²) in [6.07, 6.45) is 1.66. The third-order valence-electron chi connectivity index (χ3n) is 4.14. The van der Waals surface area contributed by atoms with Crippen LogP contribution in [0.4, 0.5) is 0 Å². The first-order valence-electron chi connectivity index (χ1n) is 7.77. The number of amides is 2. The summed E-state index contributed by atoms with van der Waals surface area (Å²) in [5, 5.41) is 14.7. The molecule has 3 N–H and O–H groups in total. The molecule has 130 valence electrons. The molecule has 1 saturated carbocycles. The lowest BCUT2D eigenvalue weighted by molar-refractivity contribution is -0.147. The molecule has 0 spiro atoms. The number of hydrogen-bond acceptors (Lipinski definition) is 5. The molecule has 2 rings (SSSR count). The largest absolute Gasteiger partial charge is 0.508 e. The van der Waals surface area contributed by atoms with E-state index in [-0.39, 0.29) is 36.5 Å². The van der Waals surface area contributed by atoms with Crippen molar-refractivity contribution in [2.75, 3.05) is 13.7 Å². The average Bonchev–Trinajstić information content (AvgIpc) is 3.34. The van der Waals surface area contributed by atoms with E-state index < -0.39 is 11.5 Å². The minimum atomic E-state index is -0.750. The van der Waals surface area contributed by atoms with Crippen LogP contribution in [0.25, 0.3) is 0 Å². The summed E-state index contributed by atoms with van der Waals surface area (Å²) in [5.41, 5.74) is 0.180. The topological polar surface area (TPSA) is 105 Å². The van der Waals surface area contributed by atoms with E-state index in [0.29, 0.717) is 12.8 Å². The van der Waals surface area contributed by atoms with Crippen molar-refractivity contribution in [3.63, 3.8) is 0 Å². The van der Waals surface area contributed by atoms with Crippen LogP contribution >= 0.6 is 0 Å². The Bertz CT molecular complexity index is 622. The van der Waals surface area contributed by atoms with E-state index in [1.54, 1.807) is 12.1 Å². The molecule has 1 fully saturated rings. The molecule has 7 heteroatoms. The third-order valence-corrected chi connectivity index (χ3v) is 4.14. The van der Waals surface area contributed by atoms with Gasteiger partial charge in [0.15, 0.2) is 0 Å². The van der Waals surface area contributed by atoms with E-state index in [9.17, 15) is 19.5 Å². The molecular weight excluding hydrogens is 312 g/mol. The number of phenolic OH excluding ortho intramolecular Hbond substituents is 1. The second kappa shape index (κ2) is 7.33. The van der Waals surface area contributed by atoms with Gasteiger partial charge in [0.05, 0.1) is 12.5 Å². The predicted octanol–water partition coefficient (Wildman–Crippen LogP) is 0.509. The van der Waals surface area contributed by atoms with E-state index in [2.05, 4.69) is 10.6 Å². The molecule has 0 heterocycles. The van der Waals surface area contributed by atoms with Gasteiger partial charge in [-0.3, -0.25) is 14.4 Å². The van der Waals surface area contributed by atoms with Crippen molar-refractivity contribution in [2.45, 2.75) is 32.2 Å². The second-order valence-electron chi connectivity index (χ2n) is 6.11.